The molecule has 1 saturated carbocycles. The molecule has 2 aromatic rings. The van der Waals surface area contributed by atoms with E-state index in [0.29, 0.717) is 17.9 Å². The standard InChI is InChI=1S/C17H17NO3S/c1-11(17(19)8-12-2-3-12)13-4-5-15(14-6-7-22-10-14)16(9-13)18(20)21/h4-7,9-12H,2-3,8H2,1H3. The molecular formula is C17H17NO3S. The molecule has 1 aliphatic carbocycles. The van der Waals surface area contributed by atoms with Crippen LogP contribution in [0.4, 0.5) is 5.69 Å². The van der Waals surface area contributed by atoms with Gasteiger partial charge in [0.2, 0.25) is 0 Å². The Hall–Kier alpha value is -2.01. The number of Topliss-reactive ketones (excluding diaryl/α,β-unsaturated/α-hetero) is 1. The molecule has 1 aromatic carbocycles. The molecule has 0 radical (unpaired) electrons. The van der Waals surface area contributed by atoms with Crippen LogP contribution in [-0.4, -0.2) is 10.7 Å². The number of thiophene rings is 1. The second-order valence-electron chi connectivity index (χ2n) is 5.88. The minimum atomic E-state index is -0.366. The summed E-state index contributed by atoms with van der Waals surface area (Å²) in [4.78, 5) is 23.2. The van der Waals surface area contributed by atoms with Crippen LogP contribution in [0, 0.1) is 16.0 Å². The average Bonchev–Trinajstić information content (AvgIpc) is 3.15. The van der Waals surface area contributed by atoms with Crippen molar-refractivity contribution in [2.24, 2.45) is 5.92 Å². The fourth-order valence-electron chi connectivity index (χ4n) is 2.60. The molecule has 0 bridgehead atoms. The van der Waals surface area contributed by atoms with E-state index in [1.807, 2.05) is 29.8 Å². The highest BCUT2D eigenvalue weighted by Gasteiger charge is 2.28. The second kappa shape index (κ2) is 6.01. The normalized spacial score (nSPS) is 15.5. The minimum Gasteiger partial charge on any atom is -0.299 e. The van der Waals surface area contributed by atoms with E-state index in [4.69, 9.17) is 0 Å². The van der Waals surface area contributed by atoms with Crippen molar-refractivity contribution in [2.45, 2.75) is 32.1 Å². The molecule has 0 saturated heterocycles. The van der Waals surface area contributed by atoms with Crippen molar-refractivity contribution in [3.8, 4) is 11.1 Å². The molecule has 1 fully saturated rings. The van der Waals surface area contributed by atoms with Crippen LogP contribution >= 0.6 is 11.3 Å². The van der Waals surface area contributed by atoms with Gasteiger partial charge in [-0.15, -0.1) is 0 Å². The molecule has 0 spiro atoms. The van der Waals surface area contributed by atoms with Gasteiger partial charge in [0.25, 0.3) is 5.69 Å². The predicted octanol–water partition coefficient (Wildman–Crippen LogP) is 4.80. The Morgan fingerprint density at radius 1 is 1.41 bits per heavy atom. The molecule has 0 N–H and O–H groups in total. The first-order chi connectivity index (χ1) is 10.6. The number of carbonyl (C=O) groups excluding carboxylic acids is 1. The monoisotopic (exact) mass is 315 g/mol. The van der Waals surface area contributed by atoms with Crippen molar-refractivity contribution in [3.05, 3.63) is 50.7 Å². The third kappa shape index (κ3) is 3.09. The van der Waals surface area contributed by atoms with Gasteiger partial charge in [0.1, 0.15) is 5.78 Å². The molecule has 1 aliphatic rings. The van der Waals surface area contributed by atoms with E-state index in [-0.39, 0.29) is 22.3 Å². The first-order valence-electron chi connectivity index (χ1n) is 7.40. The number of nitro groups is 1. The van der Waals surface area contributed by atoms with Gasteiger partial charge >= 0.3 is 0 Å². The highest BCUT2D eigenvalue weighted by molar-refractivity contribution is 7.08. The molecule has 4 nitrogen and oxygen atoms in total. The van der Waals surface area contributed by atoms with E-state index in [0.717, 1.165) is 24.0 Å². The van der Waals surface area contributed by atoms with Gasteiger partial charge in [-0.2, -0.15) is 11.3 Å². The Labute approximate surface area is 132 Å². The lowest BCUT2D eigenvalue weighted by Gasteiger charge is -2.12. The average molecular weight is 315 g/mol. The third-order valence-electron chi connectivity index (χ3n) is 4.22. The van der Waals surface area contributed by atoms with Gasteiger partial charge in [0, 0.05) is 18.4 Å². The molecule has 1 unspecified atom stereocenters. The first-order valence-corrected chi connectivity index (χ1v) is 8.34. The Balaban J connectivity index is 1.91. The molecule has 5 heteroatoms. The van der Waals surface area contributed by atoms with E-state index in [1.165, 1.54) is 11.3 Å². The van der Waals surface area contributed by atoms with Gasteiger partial charge in [-0.1, -0.05) is 13.0 Å². The number of benzene rings is 1. The Morgan fingerprint density at radius 3 is 2.77 bits per heavy atom. The quantitative estimate of drug-likeness (QED) is 0.568. The van der Waals surface area contributed by atoms with E-state index >= 15 is 0 Å². The number of nitro benzene ring substituents is 1. The molecule has 0 amide bonds. The van der Waals surface area contributed by atoms with Crippen molar-refractivity contribution >= 4 is 22.8 Å². The third-order valence-corrected chi connectivity index (χ3v) is 4.90. The summed E-state index contributed by atoms with van der Waals surface area (Å²) < 4.78 is 0. The molecule has 3 rings (SSSR count). The zero-order valence-corrected chi connectivity index (χ0v) is 13.1. The van der Waals surface area contributed by atoms with Crippen molar-refractivity contribution in [1.29, 1.82) is 0 Å². The molecular weight excluding hydrogens is 298 g/mol. The zero-order valence-electron chi connectivity index (χ0n) is 12.3. The van der Waals surface area contributed by atoms with Crippen LogP contribution < -0.4 is 0 Å². The van der Waals surface area contributed by atoms with Crippen LogP contribution in [-0.2, 0) is 4.79 Å². The van der Waals surface area contributed by atoms with Gasteiger partial charge in [-0.25, -0.2) is 0 Å². The maximum Gasteiger partial charge on any atom is 0.277 e. The summed E-state index contributed by atoms with van der Waals surface area (Å²) in [6.07, 6.45) is 2.87. The van der Waals surface area contributed by atoms with E-state index in [9.17, 15) is 14.9 Å². The Kier molecular flexibility index (Phi) is 4.07. The largest absolute Gasteiger partial charge is 0.299 e. The Bertz CT molecular complexity index is 705. The SMILES string of the molecule is CC(C(=O)CC1CC1)c1ccc(-c2ccsc2)c([N+](=O)[O-])c1. The molecule has 1 aromatic heterocycles. The van der Waals surface area contributed by atoms with Crippen LogP contribution in [0.1, 0.15) is 37.7 Å². The topological polar surface area (TPSA) is 60.2 Å². The van der Waals surface area contributed by atoms with E-state index in [2.05, 4.69) is 0 Å². The lowest BCUT2D eigenvalue weighted by Crippen LogP contribution is -2.10. The fourth-order valence-corrected chi connectivity index (χ4v) is 3.26. The molecule has 0 aliphatic heterocycles. The van der Waals surface area contributed by atoms with Gasteiger partial charge < -0.3 is 0 Å². The number of hydrogen-bond acceptors (Lipinski definition) is 4. The summed E-state index contributed by atoms with van der Waals surface area (Å²) >= 11 is 1.51. The molecule has 1 heterocycles. The fraction of sp³-hybridized carbons (Fsp3) is 0.353. The van der Waals surface area contributed by atoms with Crippen LogP contribution in [0.3, 0.4) is 0 Å². The Morgan fingerprint density at radius 2 is 2.18 bits per heavy atom. The summed E-state index contributed by atoms with van der Waals surface area (Å²) in [7, 11) is 0. The van der Waals surface area contributed by atoms with Crippen LogP contribution in [0.5, 0.6) is 0 Å². The highest BCUT2D eigenvalue weighted by Crippen LogP contribution is 2.37. The summed E-state index contributed by atoms with van der Waals surface area (Å²) in [5, 5.41) is 15.2. The number of ketones is 1. The number of rotatable bonds is 6. The van der Waals surface area contributed by atoms with E-state index in [1.54, 1.807) is 12.1 Å². The van der Waals surface area contributed by atoms with Gasteiger partial charge in [0.05, 0.1) is 10.5 Å². The summed E-state index contributed by atoms with van der Waals surface area (Å²) in [5.41, 5.74) is 2.26. The maximum atomic E-state index is 12.2. The van der Waals surface area contributed by atoms with Crippen molar-refractivity contribution in [2.75, 3.05) is 0 Å². The lowest BCUT2D eigenvalue weighted by atomic mass is 9.91. The van der Waals surface area contributed by atoms with Gasteiger partial charge in [-0.05, 0) is 52.8 Å². The summed E-state index contributed by atoms with van der Waals surface area (Å²) in [6.45, 7) is 1.84. The molecule has 1 atom stereocenters. The van der Waals surface area contributed by atoms with Gasteiger partial charge in [0.15, 0.2) is 0 Å². The van der Waals surface area contributed by atoms with Crippen molar-refractivity contribution in [1.82, 2.24) is 0 Å². The van der Waals surface area contributed by atoms with Crippen LogP contribution in [0.2, 0.25) is 0 Å². The van der Waals surface area contributed by atoms with Crippen LogP contribution in [0.15, 0.2) is 35.0 Å². The number of hydrogen-bond donors (Lipinski definition) is 0. The van der Waals surface area contributed by atoms with Gasteiger partial charge in [-0.3, -0.25) is 14.9 Å². The minimum absolute atomic E-state index is 0.0713. The molecule has 114 valence electrons. The zero-order chi connectivity index (χ0) is 15.7. The first kappa shape index (κ1) is 14.9. The van der Waals surface area contributed by atoms with Crippen molar-refractivity contribution in [3.63, 3.8) is 0 Å². The predicted molar refractivity (Wildman–Crippen MR) is 87.2 cm³/mol. The number of carbonyl (C=O) groups is 1. The number of nitrogens with zero attached hydrogens (tertiary/aromatic N) is 1. The smallest absolute Gasteiger partial charge is 0.277 e. The second-order valence-corrected chi connectivity index (χ2v) is 6.66. The van der Waals surface area contributed by atoms with Crippen molar-refractivity contribution < 1.29 is 9.72 Å². The highest BCUT2D eigenvalue weighted by atomic mass is 32.1. The summed E-state index contributed by atoms with van der Waals surface area (Å²) in [6, 6.07) is 7.03. The molecule has 22 heavy (non-hydrogen) atoms. The maximum absolute atomic E-state index is 12.2. The van der Waals surface area contributed by atoms with E-state index < -0.39 is 0 Å². The summed E-state index contributed by atoms with van der Waals surface area (Å²) in [5.74, 6) is 0.436. The van der Waals surface area contributed by atoms with Crippen LogP contribution in [0.25, 0.3) is 11.1 Å². The lowest BCUT2D eigenvalue weighted by molar-refractivity contribution is -0.384.